The second-order valence-electron chi connectivity index (χ2n) is 5.95. The van der Waals surface area contributed by atoms with Crippen molar-refractivity contribution in [1.29, 1.82) is 0 Å². The van der Waals surface area contributed by atoms with Crippen molar-refractivity contribution >= 4 is 11.8 Å². The van der Waals surface area contributed by atoms with Crippen molar-refractivity contribution in [3.05, 3.63) is 84.7 Å². The maximum atomic E-state index is 4.33. The van der Waals surface area contributed by atoms with Gasteiger partial charge in [-0.2, -0.15) is 0 Å². The molecule has 0 saturated carbocycles. The molecule has 0 radical (unpaired) electrons. The Hall–Kier alpha value is -2.92. The zero-order valence-electron chi connectivity index (χ0n) is 14.4. The highest BCUT2D eigenvalue weighted by Crippen LogP contribution is 2.26. The lowest BCUT2D eigenvalue weighted by Gasteiger charge is -2.05. The molecule has 0 saturated heterocycles. The molecule has 0 aliphatic rings. The van der Waals surface area contributed by atoms with E-state index in [9.17, 15) is 0 Å². The Kier molecular flexibility index (Phi) is 4.80. The van der Waals surface area contributed by atoms with E-state index < -0.39 is 0 Å². The fraction of sp³-hybridized carbons (Fsp3) is 0.0952. The van der Waals surface area contributed by atoms with Gasteiger partial charge in [-0.05, 0) is 28.8 Å². The molecule has 0 bridgehead atoms. The Morgan fingerprint density at radius 3 is 2.19 bits per heavy atom. The molecule has 2 aromatic carbocycles. The molecule has 2 aromatic heterocycles. The van der Waals surface area contributed by atoms with Crippen LogP contribution in [0, 0.1) is 0 Å². The molecule has 0 atom stereocenters. The number of pyridine rings is 1. The molecule has 4 nitrogen and oxygen atoms in total. The van der Waals surface area contributed by atoms with Crippen molar-refractivity contribution < 1.29 is 0 Å². The highest BCUT2D eigenvalue weighted by atomic mass is 32.2. The van der Waals surface area contributed by atoms with E-state index in [0.29, 0.717) is 0 Å². The molecule has 2 heterocycles. The number of nitrogens with zero attached hydrogens (tertiary/aromatic N) is 4. The Balaban J connectivity index is 1.46. The van der Waals surface area contributed by atoms with Gasteiger partial charge in [-0.25, -0.2) is 0 Å². The van der Waals surface area contributed by atoms with E-state index in [0.717, 1.165) is 22.3 Å². The van der Waals surface area contributed by atoms with Crippen LogP contribution in [0.25, 0.3) is 22.5 Å². The minimum absolute atomic E-state index is 0.856. The number of rotatable bonds is 5. The Labute approximate surface area is 157 Å². The third-order valence-electron chi connectivity index (χ3n) is 4.20. The first-order valence-corrected chi connectivity index (χ1v) is 9.37. The summed E-state index contributed by atoms with van der Waals surface area (Å²) >= 11 is 1.69. The van der Waals surface area contributed by atoms with Crippen LogP contribution in [0.4, 0.5) is 0 Å². The van der Waals surface area contributed by atoms with Crippen molar-refractivity contribution in [2.75, 3.05) is 0 Å². The smallest absolute Gasteiger partial charge is 0.191 e. The number of hydrogen-bond donors (Lipinski definition) is 0. The molecular weight excluding hydrogens is 340 g/mol. The normalized spacial score (nSPS) is 10.8. The van der Waals surface area contributed by atoms with Crippen LogP contribution in [0.1, 0.15) is 5.56 Å². The topological polar surface area (TPSA) is 43.6 Å². The van der Waals surface area contributed by atoms with Crippen LogP contribution in [0.15, 0.2) is 84.3 Å². The Bertz CT molecular complexity index is 980. The molecule has 26 heavy (non-hydrogen) atoms. The van der Waals surface area contributed by atoms with Gasteiger partial charge in [0.15, 0.2) is 11.0 Å². The lowest BCUT2D eigenvalue weighted by molar-refractivity contribution is 0.793. The van der Waals surface area contributed by atoms with Crippen LogP contribution in [0.3, 0.4) is 0 Å². The van der Waals surface area contributed by atoms with Gasteiger partial charge in [-0.3, -0.25) is 4.98 Å². The standard InChI is InChI=1S/C21H18N4S/c1-25-20(19-11-13-22-14-12-19)23-24-21(25)26-15-16-7-9-18(10-8-16)17-5-3-2-4-6-17/h2-14H,15H2,1H3. The van der Waals surface area contributed by atoms with Crippen molar-refractivity contribution in [3.63, 3.8) is 0 Å². The molecule has 0 N–H and O–H groups in total. The van der Waals surface area contributed by atoms with Gasteiger partial charge in [0.1, 0.15) is 0 Å². The van der Waals surface area contributed by atoms with Gasteiger partial charge < -0.3 is 4.57 Å². The SMILES string of the molecule is Cn1c(SCc2ccc(-c3ccccc3)cc2)nnc1-c1ccncc1. The molecule has 5 heteroatoms. The van der Waals surface area contributed by atoms with E-state index in [1.54, 1.807) is 24.2 Å². The quantitative estimate of drug-likeness (QED) is 0.479. The number of hydrogen-bond acceptors (Lipinski definition) is 4. The average Bonchev–Trinajstić information content (AvgIpc) is 3.08. The molecule has 128 valence electrons. The molecule has 4 aromatic rings. The molecule has 4 rings (SSSR count). The third kappa shape index (κ3) is 3.53. The summed E-state index contributed by atoms with van der Waals surface area (Å²) in [6, 6.07) is 23.0. The van der Waals surface area contributed by atoms with Gasteiger partial charge >= 0.3 is 0 Å². The van der Waals surface area contributed by atoms with Crippen molar-refractivity contribution in [3.8, 4) is 22.5 Å². The first-order chi connectivity index (χ1) is 12.8. The van der Waals surface area contributed by atoms with Crippen LogP contribution in [-0.4, -0.2) is 19.7 Å². The van der Waals surface area contributed by atoms with E-state index >= 15 is 0 Å². The fourth-order valence-electron chi connectivity index (χ4n) is 2.76. The monoisotopic (exact) mass is 358 g/mol. The van der Waals surface area contributed by atoms with Crippen LogP contribution in [0.5, 0.6) is 0 Å². The van der Waals surface area contributed by atoms with Crippen molar-refractivity contribution in [2.45, 2.75) is 10.9 Å². The molecule has 0 unspecified atom stereocenters. The first kappa shape index (κ1) is 16.5. The first-order valence-electron chi connectivity index (χ1n) is 8.38. The molecular formula is C21H18N4S. The van der Waals surface area contributed by atoms with E-state index in [2.05, 4.69) is 63.7 Å². The van der Waals surface area contributed by atoms with Crippen LogP contribution in [-0.2, 0) is 12.8 Å². The highest BCUT2D eigenvalue weighted by molar-refractivity contribution is 7.98. The second kappa shape index (κ2) is 7.54. The van der Waals surface area contributed by atoms with Crippen LogP contribution < -0.4 is 0 Å². The minimum atomic E-state index is 0.856. The summed E-state index contributed by atoms with van der Waals surface area (Å²) in [5, 5.41) is 9.55. The summed E-state index contributed by atoms with van der Waals surface area (Å²) in [5.41, 5.74) is 4.76. The van der Waals surface area contributed by atoms with E-state index in [1.807, 2.05) is 29.8 Å². The number of thioether (sulfide) groups is 1. The van der Waals surface area contributed by atoms with E-state index in [-0.39, 0.29) is 0 Å². The van der Waals surface area contributed by atoms with Gasteiger partial charge in [0, 0.05) is 30.8 Å². The molecule has 0 aliphatic heterocycles. The van der Waals surface area contributed by atoms with Crippen LogP contribution in [0.2, 0.25) is 0 Å². The minimum Gasteiger partial charge on any atom is -0.305 e. The molecule has 0 aliphatic carbocycles. The summed E-state index contributed by atoms with van der Waals surface area (Å²) in [5.74, 6) is 1.71. The zero-order chi connectivity index (χ0) is 17.8. The van der Waals surface area contributed by atoms with Gasteiger partial charge in [0.25, 0.3) is 0 Å². The maximum Gasteiger partial charge on any atom is 0.191 e. The second-order valence-corrected chi connectivity index (χ2v) is 6.90. The lowest BCUT2D eigenvalue weighted by atomic mass is 10.0. The molecule has 0 fully saturated rings. The summed E-state index contributed by atoms with van der Waals surface area (Å²) < 4.78 is 2.03. The Morgan fingerprint density at radius 2 is 1.46 bits per heavy atom. The van der Waals surface area contributed by atoms with Gasteiger partial charge in [0.05, 0.1) is 0 Å². The molecule has 0 amide bonds. The average molecular weight is 358 g/mol. The maximum absolute atomic E-state index is 4.33. The predicted molar refractivity (Wildman–Crippen MR) is 106 cm³/mol. The molecule has 0 spiro atoms. The van der Waals surface area contributed by atoms with Gasteiger partial charge in [0.2, 0.25) is 0 Å². The number of benzene rings is 2. The third-order valence-corrected chi connectivity index (χ3v) is 5.29. The zero-order valence-corrected chi connectivity index (χ0v) is 15.2. The van der Waals surface area contributed by atoms with Crippen LogP contribution >= 0.6 is 11.8 Å². The van der Waals surface area contributed by atoms with Gasteiger partial charge in [-0.1, -0.05) is 66.4 Å². The summed E-state index contributed by atoms with van der Waals surface area (Å²) in [6.07, 6.45) is 3.54. The van der Waals surface area contributed by atoms with Crippen molar-refractivity contribution in [1.82, 2.24) is 19.7 Å². The highest BCUT2D eigenvalue weighted by Gasteiger charge is 2.11. The Morgan fingerprint density at radius 1 is 0.769 bits per heavy atom. The van der Waals surface area contributed by atoms with E-state index in [4.69, 9.17) is 0 Å². The van der Waals surface area contributed by atoms with Gasteiger partial charge in [-0.15, -0.1) is 10.2 Å². The largest absolute Gasteiger partial charge is 0.305 e. The summed E-state index contributed by atoms with van der Waals surface area (Å²) in [6.45, 7) is 0. The van der Waals surface area contributed by atoms with Crippen molar-refractivity contribution in [2.24, 2.45) is 7.05 Å². The van der Waals surface area contributed by atoms with E-state index in [1.165, 1.54) is 16.7 Å². The summed E-state index contributed by atoms with van der Waals surface area (Å²) in [7, 11) is 2.00. The number of aromatic nitrogens is 4. The lowest BCUT2D eigenvalue weighted by Crippen LogP contribution is -1.95. The predicted octanol–water partition coefficient (Wildman–Crippen LogP) is 4.84. The fourth-order valence-corrected chi connectivity index (χ4v) is 3.63. The summed E-state index contributed by atoms with van der Waals surface area (Å²) in [4.78, 5) is 4.05.